The lowest BCUT2D eigenvalue weighted by Gasteiger charge is -2.29. The highest BCUT2D eigenvalue weighted by atomic mass is 32.2. The second kappa shape index (κ2) is 8.51. The Kier molecular flexibility index (Phi) is 5.75. The predicted molar refractivity (Wildman–Crippen MR) is 120 cm³/mol. The number of nitrogens with one attached hydrogen (secondary N) is 3. The van der Waals surface area contributed by atoms with Crippen molar-refractivity contribution in [1.29, 1.82) is 0 Å². The molecule has 1 heterocycles. The number of rotatable bonds is 5. The van der Waals surface area contributed by atoms with Gasteiger partial charge in [-0.25, -0.2) is 13.2 Å². The number of carbonyl (C=O) groups is 2. The van der Waals surface area contributed by atoms with Gasteiger partial charge in [0.15, 0.2) is 9.84 Å². The molecule has 0 spiro atoms. The van der Waals surface area contributed by atoms with Crippen molar-refractivity contribution in [2.24, 2.45) is 5.73 Å². The third kappa shape index (κ3) is 4.24. The van der Waals surface area contributed by atoms with Gasteiger partial charge in [0.1, 0.15) is 5.70 Å². The molecule has 2 aromatic rings. The number of benzene rings is 2. The van der Waals surface area contributed by atoms with E-state index in [1.807, 2.05) is 12.1 Å². The first-order chi connectivity index (χ1) is 15.3. The van der Waals surface area contributed by atoms with Crippen LogP contribution in [0.5, 0.6) is 0 Å². The molecule has 2 aromatic carbocycles. The summed E-state index contributed by atoms with van der Waals surface area (Å²) in [4.78, 5) is 24.8. The van der Waals surface area contributed by atoms with Crippen LogP contribution in [0.15, 0.2) is 77.1 Å². The van der Waals surface area contributed by atoms with Gasteiger partial charge in [-0.15, -0.1) is 0 Å². The van der Waals surface area contributed by atoms with Gasteiger partial charge in [0.05, 0.1) is 28.1 Å². The average molecular weight is 453 g/mol. The van der Waals surface area contributed by atoms with E-state index in [1.54, 1.807) is 36.4 Å². The van der Waals surface area contributed by atoms with E-state index < -0.39 is 21.8 Å². The summed E-state index contributed by atoms with van der Waals surface area (Å²) in [6.07, 6.45) is 2.20. The predicted octanol–water partition coefficient (Wildman–Crippen LogP) is 2.15. The molecule has 0 radical (unpaired) electrons. The lowest BCUT2D eigenvalue weighted by molar-refractivity contribution is -0.118. The van der Waals surface area contributed by atoms with Gasteiger partial charge in [-0.2, -0.15) is 0 Å². The van der Waals surface area contributed by atoms with Crippen molar-refractivity contribution in [2.75, 3.05) is 0 Å². The molecule has 4 rings (SSSR count). The zero-order valence-corrected chi connectivity index (χ0v) is 18.2. The minimum absolute atomic E-state index is 0.0475. The van der Waals surface area contributed by atoms with Crippen molar-refractivity contribution in [3.8, 4) is 0 Å². The van der Waals surface area contributed by atoms with Crippen LogP contribution in [0, 0.1) is 0 Å². The van der Waals surface area contributed by atoms with Crippen LogP contribution in [0.25, 0.3) is 0 Å². The van der Waals surface area contributed by atoms with Crippen LogP contribution in [0.4, 0.5) is 4.79 Å². The molecule has 1 aliphatic carbocycles. The van der Waals surface area contributed by atoms with Crippen LogP contribution in [0.3, 0.4) is 0 Å². The molecular weight excluding hydrogens is 428 g/mol. The summed E-state index contributed by atoms with van der Waals surface area (Å²) in [5.41, 5.74) is 8.64. The quantitative estimate of drug-likeness (QED) is 0.552. The Bertz CT molecular complexity index is 1240. The highest BCUT2D eigenvalue weighted by Gasteiger charge is 2.29. The standard InChI is InChI=1S/C23H24N4O4S/c1-14-20(24)21(27-23(29)25-14)22(28)26-19-12-6-10-17-15(7-5-11-18(17)19)13-32(30,31)16-8-3-2-4-9-16/h2-5,7-9,11,19H,1,6,10,12-13,24H2,(H,26,28)(H2,25,27,29)/t19-/m1/s1. The fourth-order valence-corrected chi connectivity index (χ4v) is 5.52. The number of nitrogens with two attached hydrogens (primary N) is 1. The van der Waals surface area contributed by atoms with E-state index in [2.05, 4.69) is 22.5 Å². The smallest absolute Gasteiger partial charge is 0.323 e. The zero-order valence-electron chi connectivity index (χ0n) is 17.4. The Hall–Kier alpha value is -3.59. The van der Waals surface area contributed by atoms with Crippen molar-refractivity contribution in [2.45, 2.75) is 36.0 Å². The van der Waals surface area contributed by atoms with Gasteiger partial charge in [-0.05, 0) is 48.1 Å². The second-order valence-electron chi connectivity index (χ2n) is 7.82. The molecule has 0 bridgehead atoms. The topological polar surface area (TPSA) is 130 Å². The van der Waals surface area contributed by atoms with Gasteiger partial charge >= 0.3 is 6.03 Å². The molecule has 5 N–H and O–H groups in total. The molecule has 3 amide bonds. The minimum atomic E-state index is -3.50. The van der Waals surface area contributed by atoms with Crippen molar-refractivity contribution in [3.05, 3.63) is 88.9 Å². The first kappa shape index (κ1) is 21.6. The summed E-state index contributed by atoms with van der Waals surface area (Å²) in [6, 6.07) is 13.0. The Labute approximate surface area is 186 Å². The highest BCUT2D eigenvalue weighted by Crippen LogP contribution is 2.33. The Morgan fingerprint density at radius 1 is 1.12 bits per heavy atom. The molecule has 2 aliphatic rings. The summed E-state index contributed by atoms with van der Waals surface area (Å²) in [5, 5.41) is 7.76. The average Bonchev–Trinajstić information content (AvgIpc) is 2.77. The molecular formula is C23H24N4O4S. The Morgan fingerprint density at radius 3 is 2.62 bits per heavy atom. The second-order valence-corrected chi connectivity index (χ2v) is 9.81. The molecule has 0 aromatic heterocycles. The van der Waals surface area contributed by atoms with Crippen molar-refractivity contribution in [1.82, 2.24) is 16.0 Å². The first-order valence-electron chi connectivity index (χ1n) is 10.2. The molecule has 9 heteroatoms. The number of hydrogen-bond acceptors (Lipinski definition) is 5. The van der Waals surface area contributed by atoms with Crippen LogP contribution in [-0.2, 0) is 26.8 Å². The first-order valence-corrected chi connectivity index (χ1v) is 11.9. The van der Waals surface area contributed by atoms with E-state index in [4.69, 9.17) is 5.73 Å². The molecule has 32 heavy (non-hydrogen) atoms. The minimum Gasteiger partial charge on any atom is -0.395 e. The number of amides is 3. The molecule has 0 saturated heterocycles. The van der Waals surface area contributed by atoms with Crippen molar-refractivity contribution in [3.63, 3.8) is 0 Å². The monoisotopic (exact) mass is 452 g/mol. The fraction of sp³-hybridized carbons (Fsp3) is 0.217. The van der Waals surface area contributed by atoms with Crippen molar-refractivity contribution >= 4 is 21.8 Å². The van der Waals surface area contributed by atoms with Crippen LogP contribution in [0.2, 0.25) is 0 Å². The van der Waals surface area contributed by atoms with Crippen LogP contribution >= 0.6 is 0 Å². The number of urea groups is 1. The van der Waals surface area contributed by atoms with Crippen LogP contribution in [0.1, 0.15) is 35.6 Å². The highest BCUT2D eigenvalue weighted by molar-refractivity contribution is 7.90. The van der Waals surface area contributed by atoms with Gasteiger partial charge in [0.25, 0.3) is 5.91 Å². The zero-order chi connectivity index (χ0) is 22.9. The molecule has 1 aliphatic heterocycles. The molecule has 1 atom stereocenters. The van der Waals surface area contributed by atoms with Gasteiger partial charge in [-0.1, -0.05) is 43.0 Å². The summed E-state index contributed by atoms with van der Waals surface area (Å²) >= 11 is 0. The van der Waals surface area contributed by atoms with Gasteiger partial charge in [-0.3, -0.25) is 4.79 Å². The van der Waals surface area contributed by atoms with Crippen LogP contribution in [-0.4, -0.2) is 20.4 Å². The van der Waals surface area contributed by atoms with E-state index >= 15 is 0 Å². The van der Waals surface area contributed by atoms with E-state index in [9.17, 15) is 18.0 Å². The maximum Gasteiger partial charge on any atom is 0.323 e. The third-order valence-corrected chi connectivity index (χ3v) is 7.36. The van der Waals surface area contributed by atoms with E-state index in [1.165, 1.54) is 0 Å². The molecule has 0 unspecified atom stereocenters. The normalized spacial score (nSPS) is 18.4. The largest absolute Gasteiger partial charge is 0.395 e. The molecule has 0 saturated carbocycles. The Balaban J connectivity index is 1.60. The summed E-state index contributed by atoms with van der Waals surface area (Å²) in [5.74, 6) is -0.626. The maximum absolute atomic E-state index is 12.9. The van der Waals surface area contributed by atoms with E-state index in [0.717, 1.165) is 29.5 Å². The number of carbonyl (C=O) groups excluding carboxylic acids is 2. The molecule has 166 valence electrons. The van der Waals surface area contributed by atoms with E-state index in [0.29, 0.717) is 6.42 Å². The number of sulfone groups is 1. The Morgan fingerprint density at radius 2 is 1.88 bits per heavy atom. The maximum atomic E-state index is 12.9. The third-order valence-electron chi connectivity index (χ3n) is 5.68. The van der Waals surface area contributed by atoms with Crippen LogP contribution < -0.4 is 21.7 Å². The summed E-state index contributed by atoms with van der Waals surface area (Å²) in [6.45, 7) is 3.64. The molecule has 8 nitrogen and oxygen atoms in total. The van der Waals surface area contributed by atoms with Crippen molar-refractivity contribution < 1.29 is 18.0 Å². The van der Waals surface area contributed by atoms with Gasteiger partial charge in [0, 0.05) is 0 Å². The lowest BCUT2D eigenvalue weighted by atomic mass is 9.85. The number of fused-ring (bicyclic) bond motifs is 1. The lowest BCUT2D eigenvalue weighted by Crippen LogP contribution is -2.47. The fourth-order valence-electron chi connectivity index (χ4n) is 4.10. The summed E-state index contributed by atoms with van der Waals surface area (Å²) in [7, 11) is -3.50. The SMILES string of the molecule is C=C1NC(=O)NC(C(=O)N[C@@H]2CCCc3c(CS(=O)(=O)c4ccccc4)cccc32)=C1N. The summed E-state index contributed by atoms with van der Waals surface area (Å²) < 4.78 is 25.8. The van der Waals surface area contributed by atoms with Gasteiger partial charge in [0.2, 0.25) is 0 Å². The van der Waals surface area contributed by atoms with E-state index in [-0.39, 0.29) is 33.8 Å². The van der Waals surface area contributed by atoms with Gasteiger partial charge < -0.3 is 21.7 Å². The number of hydrogen-bond donors (Lipinski definition) is 4. The molecule has 0 fully saturated rings.